The second-order valence-electron chi connectivity index (χ2n) is 6.22. The van der Waals surface area contributed by atoms with Crippen molar-refractivity contribution in [1.82, 2.24) is 14.7 Å². The van der Waals surface area contributed by atoms with Gasteiger partial charge in [-0.1, -0.05) is 6.07 Å². The third kappa shape index (κ3) is 3.56. The van der Waals surface area contributed by atoms with E-state index in [1.54, 1.807) is 0 Å². The van der Waals surface area contributed by atoms with E-state index in [4.69, 9.17) is 9.47 Å². The maximum absolute atomic E-state index is 5.67. The summed E-state index contributed by atoms with van der Waals surface area (Å²) in [6, 6.07) is 6.08. The Morgan fingerprint density at radius 3 is 2.65 bits per heavy atom. The number of anilines is 1. The second kappa shape index (κ2) is 6.33. The molecule has 0 bridgehead atoms. The molecule has 3 rings (SSSR count). The molecule has 6 nitrogen and oxygen atoms in total. The molecule has 23 heavy (non-hydrogen) atoms. The number of aromatic nitrogens is 2. The lowest BCUT2D eigenvalue weighted by Crippen LogP contribution is -2.36. The van der Waals surface area contributed by atoms with Crippen molar-refractivity contribution in [3.63, 3.8) is 0 Å². The number of hydrogen-bond acceptors (Lipinski definition) is 7. The van der Waals surface area contributed by atoms with Gasteiger partial charge in [-0.05, 0) is 31.5 Å². The molecule has 0 spiro atoms. The molecule has 0 unspecified atom stereocenters. The van der Waals surface area contributed by atoms with Crippen molar-refractivity contribution >= 4 is 16.7 Å². The molecule has 2 aromatic rings. The summed E-state index contributed by atoms with van der Waals surface area (Å²) >= 11 is 1.41. The van der Waals surface area contributed by atoms with Crippen LogP contribution in [0.25, 0.3) is 0 Å². The molecule has 0 aliphatic carbocycles. The number of nitrogens with one attached hydrogen (secondary N) is 1. The van der Waals surface area contributed by atoms with Gasteiger partial charge in [0.2, 0.25) is 5.13 Å². The maximum atomic E-state index is 5.67. The van der Waals surface area contributed by atoms with Crippen LogP contribution in [0.15, 0.2) is 18.2 Å². The number of fused-ring (bicyclic) bond motifs is 1. The number of benzene rings is 1. The summed E-state index contributed by atoms with van der Waals surface area (Å²) < 4.78 is 15.6. The second-order valence-corrected chi connectivity index (χ2v) is 6.95. The average Bonchev–Trinajstić information content (AvgIpc) is 3.02. The monoisotopic (exact) mass is 334 g/mol. The van der Waals surface area contributed by atoms with Crippen molar-refractivity contribution in [3.05, 3.63) is 29.6 Å². The molecular weight excluding hydrogens is 312 g/mol. The maximum Gasteiger partial charge on any atom is 0.204 e. The minimum atomic E-state index is -0.223. The molecule has 0 fully saturated rings. The molecule has 1 aromatic carbocycles. The first-order chi connectivity index (χ1) is 11.0. The molecule has 1 aromatic heterocycles. The molecule has 7 heteroatoms. The van der Waals surface area contributed by atoms with E-state index >= 15 is 0 Å². The molecule has 124 valence electrons. The topological polar surface area (TPSA) is 59.5 Å². The van der Waals surface area contributed by atoms with Gasteiger partial charge in [-0.3, -0.25) is 0 Å². The van der Waals surface area contributed by atoms with Crippen LogP contribution >= 0.6 is 11.5 Å². The Labute approximate surface area is 140 Å². The predicted octanol–water partition coefficient (Wildman–Crippen LogP) is 2.40. The summed E-state index contributed by atoms with van der Waals surface area (Å²) in [6.45, 7) is 6.10. The molecule has 2 heterocycles. The molecule has 0 saturated carbocycles. The van der Waals surface area contributed by atoms with Gasteiger partial charge in [-0.2, -0.15) is 4.37 Å². The van der Waals surface area contributed by atoms with Crippen molar-refractivity contribution in [2.75, 3.05) is 32.2 Å². The third-order valence-corrected chi connectivity index (χ3v) is 4.71. The summed E-state index contributed by atoms with van der Waals surface area (Å²) in [4.78, 5) is 6.47. The van der Waals surface area contributed by atoms with Gasteiger partial charge in [0.05, 0.1) is 6.54 Å². The van der Waals surface area contributed by atoms with Crippen molar-refractivity contribution in [2.45, 2.75) is 25.9 Å². The van der Waals surface area contributed by atoms with E-state index in [1.807, 2.05) is 31.1 Å². The van der Waals surface area contributed by atoms with E-state index in [0.29, 0.717) is 19.8 Å². The standard InChI is InChI=1S/C16H22N4O2S/c1-16(2,17-10-14-18-15(20(3)4)23-19-14)11-5-6-12-13(9-11)22-8-7-21-12/h5-6,9,17H,7-8,10H2,1-4H3. The largest absolute Gasteiger partial charge is 0.486 e. The van der Waals surface area contributed by atoms with E-state index in [2.05, 4.69) is 34.6 Å². The minimum Gasteiger partial charge on any atom is -0.486 e. The Bertz CT molecular complexity index is 684. The summed E-state index contributed by atoms with van der Waals surface area (Å²) in [7, 11) is 3.94. The van der Waals surface area contributed by atoms with Crippen LogP contribution in [0, 0.1) is 0 Å². The molecule has 0 radical (unpaired) electrons. The summed E-state index contributed by atoms with van der Waals surface area (Å²) in [5, 5.41) is 4.43. The van der Waals surface area contributed by atoms with Gasteiger partial charge in [-0.15, -0.1) is 0 Å². The Morgan fingerprint density at radius 2 is 1.96 bits per heavy atom. The first kappa shape index (κ1) is 16.0. The first-order valence-corrected chi connectivity index (χ1v) is 8.38. The van der Waals surface area contributed by atoms with Crippen LogP contribution in [0.5, 0.6) is 11.5 Å². The van der Waals surface area contributed by atoms with E-state index in [9.17, 15) is 0 Å². The van der Waals surface area contributed by atoms with Crippen LogP contribution in [0.2, 0.25) is 0 Å². The van der Waals surface area contributed by atoms with Crippen molar-refractivity contribution in [1.29, 1.82) is 0 Å². The lowest BCUT2D eigenvalue weighted by molar-refractivity contribution is 0.171. The van der Waals surface area contributed by atoms with E-state index < -0.39 is 0 Å². The zero-order chi connectivity index (χ0) is 16.4. The zero-order valence-electron chi connectivity index (χ0n) is 13.9. The zero-order valence-corrected chi connectivity index (χ0v) is 14.7. The van der Waals surface area contributed by atoms with Crippen LogP contribution in [0.3, 0.4) is 0 Å². The fourth-order valence-corrected chi connectivity index (χ4v) is 2.93. The smallest absolute Gasteiger partial charge is 0.204 e. The Hall–Kier alpha value is -1.86. The van der Waals surface area contributed by atoms with Crippen LogP contribution in [-0.2, 0) is 12.1 Å². The SMILES string of the molecule is CN(C)c1nc(CNC(C)(C)c2ccc3c(c2)OCCO3)ns1. The highest BCUT2D eigenvalue weighted by Crippen LogP contribution is 2.34. The average molecular weight is 334 g/mol. The number of rotatable bonds is 5. The lowest BCUT2D eigenvalue weighted by atomic mass is 9.93. The highest BCUT2D eigenvalue weighted by atomic mass is 32.1. The van der Waals surface area contributed by atoms with E-state index in [1.165, 1.54) is 11.5 Å². The molecule has 1 N–H and O–H groups in total. The van der Waals surface area contributed by atoms with Gasteiger partial charge in [0.25, 0.3) is 0 Å². The van der Waals surface area contributed by atoms with Gasteiger partial charge < -0.3 is 19.7 Å². The predicted molar refractivity (Wildman–Crippen MR) is 91.5 cm³/mol. The van der Waals surface area contributed by atoms with Gasteiger partial charge in [-0.25, -0.2) is 4.98 Å². The summed E-state index contributed by atoms with van der Waals surface area (Å²) in [5.74, 6) is 2.43. The van der Waals surface area contributed by atoms with Crippen LogP contribution in [-0.4, -0.2) is 36.7 Å². The summed E-state index contributed by atoms with van der Waals surface area (Å²) in [6.07, 6.45) is 0. The molecule has 0 atom stereocenters. The highest BCUT2D eigenvalue weighted by Gasteiger charge is 2.23. The molecule has 0 saturated heterocycles. The summed E-state index contributed by atoms with van der Waals surface area (Å²) in [5.41, 5.74) is 0.921. The van der Waals surface area contributed by atoms with Gasteiger partial charge in [0.1, 0.15) is 13.2 Å². The van der Waals surface area contributed by atoms with Crippen LogP contribution < -0.4 is 19.7 Å². The highest BCUT2D eigenvalue weighted by molar-refractivity contribution is 7.09. The van der Waals surface area contributed by atoms with Crippen LogP contribution in [0.4, 0.5) is 5.13 Å². The Kier molecular flexibility index (Phi) is 4.41. The normalized spacial score (nSPS) is 13.9. The lowest BCUT2D eigenvalue weighted by Gasteiger charge is -2.28. The van der Waals surface area contributed by atoms with Crippen molar-refractivity contribution in [3.8, 4) is 11.5 Å². The fourth-order valence-electron chi connectivity index (χ4n) is 2.33. The molecule has 1 aliphatic rings. The fraction of sp³-hybridized carbons (Fsp3) is 0.500. The molecule has 1 aliphatic heterocycles. The third-order valence-electron chi connectivity index (χ3n) is 3.79. The van der Waals surface area contributed by atoms with E-state index in [-0.39, 0.29) is 5.54 Å². The quantitative estimate of drug-likeness (QED) is 0.906. The number of hydrogen-bond donors (Lipinski definition) is 1. The number of nitrogens with zero attached hydrogens (tertiary/aromatic N) is 3. The van der Waals surface area contributed by atoms with Crippen molar-refractivity contribution < 1.29 is 9.47 Å². The number of ether oxygens (including phenoxy) is 2. The minimum absolute atomic E-state index is 0.223. The molecule has 0 amide bonds. The molecular formula is C16H22N4O2S. The van der Waals surface area contributed by atoms with Gasteiger partial charge in [0, 0.05) is 31.2 Å². The first-order valence-electron chi connectivity index (χ1n) is 7.61. The van der Waals surface area contributed by atoms with Crippen molar-refractivity contribution in [2.24, 2.45) is 0 Å². The van der Waals surface area contributed by atoms with Gasteiger partial charge >= 0.3 is 0 Å². The Morgan fingerprint density at radius 1 is 1.22 bits per heavy atom. The van der Waals surface area contributed by atoms with Gasteiger partial charge in [0.15, 0.2) is 17.3 Å². The van der Waals surface area contributed by atoms with Crippen LogP contribution in [0.1, 0.15) is 25.2 Å². The Balaban J connectivity index is 1.70. The van der Waals surface area contributed by atoms with E-state index in [0.717, 1.165) is 28.0 Å².